The summed E-state index contributed by atoms with van der Waals surface area (Å²) in [6.45, 7) is 4.36. The molecule has 2 heterocycles. The summed E-state index contributed by atoms with van der Waals surface area (Å²) in [7, 11) is 1.81. The quantitative estimate of drug-likeness (QED) is 0.255. The molecule has 2 aromatic rings. The number of hydrogen-bond donors (Lipinski definition) is 3. The SMILES string of the molecule is C\C=C/C=C\C=C\C(=N)OCc1nc(-c2ccc(S[C@H]3CCCNCC3)cc2)cnc1NC. The van der Waals surface area contributed by atoms with Crippen molar-refractivity contribution in [2.45, 2.75) is 42.9 Å². The minimum Gasteiger partial charge on any atom is -0.471 e. The summed E-state index contributed by atoms with van der Waals surface area (Å²) in [6.07, 6.45) is 16.5. The normalized spacial score (nSPS) is 17.0. The van der Waals surface area contributed by atoms with E-state index in [9.17, 15) is 0 Å². The number of ether oxygens (including phenoxy) is 1. The van der Waals surface area contributed by atoms with E-state index in [-0.39, 0.29) is 12.5 Å². The molecular formula is C26H33N5OS. The van der Waals surface area contributed by atoms with Gasteiger partial charge in [-0.3, -0.25) is 5.41 Å². The Labute approximate surface area is 201 Å². The van der Waals surface area contributed by atoms with Gasteiger partial charge >= 0.3 is 0 Å². The average Bonchev–Trinajstić information content (AvgIpc) is 3.11. The molecule has 3 rings (SSSR count). The van der Waals surface area contributed by atoms with Crippen LogP contribution in [0.15, 0.2) is 71.8 Å². The summed E-state index contributed by atoms with van der Waals surface area (Å²) < 4.78 is 5.58. The first-order valence-electron chi connectivity index (χ1n) is 11.4. The highest BCUT2D eigenvalue weighted by atomic mass is 32.2. The Bertz CT molecular complexity index is 977. The van der Waals surface area contributed by atoms with Crippen molar-refractivity contribution in [3.63, 3.8) is 0 Å². The maximum atomic E-state index is 7.97. The predicted molar refractivity (Wildman–Crippen MR) is 139 cm³/mol. The molecule has 0 spiro atoms. The van der Waals surface area contributed by atoms with Gasteiger partial charge in [0.1, 0.15) is 12.3 Å². The van der Waals surface area contributed by atoms with Crippen LogP contribution in [0.5, 0.6) is 0 Å². The highest BCUT2D eigenvalue weighted by Crippen LogP contribution is 2.31. The van der Waals surface area contributed by atoms with Gasteiger partial charge in [-0.1, -0.05) is 42.5 Å². The molecule has 0 unspecified atom stereocenters. The minimum atomic E-state index is 0.0736. The average molecular weight is 464 g/mol. The van der Waals surface area contributed by atoms with E-state index in [0.717, 1.165) is 24.3 Å². The molecule has 1 atom stereocenters. The number of allylic oxidation sites excluding steroid dienone is 5. The standard InChI is InChI=1S/C26H33N5OS/c1-3-4-5-6-7-10-25(27)32-19-24-26(28-2)30-18-23(31-24)20-11-13-22(14-12-20)33-21-9-8-16-29-17-15-21/h3-7,10-14,18,21,27,29H,8-9,15-17,19H2,1-2H3,(H,28,30)/b4-3-,6-5-,10-7+,27-25?/t21-/m0/s1. The van der Waals surface area contributed by atoms with Gasteiger partial charge in [-0.15, -0.1) is 11.8 Å². The summed E-state index contributed by atoms with van der Waals surface area (Å²) in [5, 5.41) is 15.2. The Morgan fingerprint density at radius 2 is 2.00 bits per heavy atom. The number of hydrogen-bond acceptors (Lipinski definition) is 7. The number of aromatic nitrogens is 2. The molecule has 1 aliphatic rings. The van der Waals surface area contributed by atoms with E-state index in [1.807, 2.05) is 43.0 Å². The zero-order valence-corrected chi connectivity index (χ0v) is 20.2. The van der Waals surface area contributed by atoms with Crippen molar-refractivity contribution >= 4 is 23.5 Å². The molecule has 1 fully saturated rings. The lowest BCUT2D eigenvalue weighted by atomic mass is 10.1. The van der Waals surface area contributed by atoms with Gasteiger partial charge in [0.05, 0.1) is 11.9 Å². The summed E-state index contributed by atoms with van der Waals surface area (Å²) in [6, 6.07) is 8.55. The van der Waals surface area contributed by atoms with E-state index >= 15 is 0 Å². The zero-order chi connectivity index (χ0) is 23.3. The lowest BCUT2D eigenvalue weighted by molar-refractivity contribution is 0.288. The molecule has 1 saturated heterocycles. The second-order valence-corrected chi connectivity index (χ2v) is 9.04. The van der Waals surface area contributed by atoms with Gasteiger partial charge in [0.2, 0.25) is 5.90 Å². The van der Waals surface area contributed by atoms with Crippen LogP contribution in [0, 0.1) is 5.41 Å². The van der Waals surface area contributed by atoms with Crippen LogP contribution < -0.4 is 10.6 Å². The first-order valence-corrected chi connectivity index (χ1v) is 12.3. The number of thioether (sulfide) groups is 1. The summed E-state index contributed by atoms with van der Waals surface area (Å²) in [5.74, 6) is 0.724. The lowest BCUT2D eigenvalue weighted by Gasteiger charge is -2.14. The van der Waals surface area contributed by atoms with Crippen LogP contribution >= 0.6 is 11.8 Å². The van der Waals surface area contributed by atoms with Crippen molar-refractivity contribution in [2.24, 2.45) is 0 Å². The summed E-state index contributed by atoms with van der Waals surface area (Å²) in [4.78, 5) is 10.5. The predicted octanol–water partition coefficient (Wildman–Crippen LogP) is 5.60. The fraction of sp³-hybridized carbons (Fsp3) is 0.346. The molecule has 1 aromatic heterocycles. The monoisotopic (exact) mass is 463 g/mol. The van der Waals surface area contributed by atoms with Gasteiger partial charge < -0.3 is 15.4 Å². The molecule has 0 radical (unpaired) electrons. The van der Waals surface area contributed by atoms with E-state index in [4.69, 9.17) is 15.1 Å². The number of benzene rings is 1. The lowest BCUT2D eigenvalue weighted by Crippen LogP contribution is -2.14. The molecule has 7 heteroatoms. The number of nitrogens with one attached hydrogen (secondary N) is 3. The topological polar surface area (TPSA) is 82.9 Å². The zero-order valence-electron chi connectivity index (χ0n) is 19.4. The first kappa shape index (κ1) is 24.7. The molecule has 3 N–H and O–H groups in total. The summed E-state index contributed by atoms with van der Waals surface area (Å²) in [5.41, 5.74) is 2.48. The molecule has 0 aliphatic carbocycles. The second kappa shape index (κ2) is 13.6. The van der Waals surface area contributed by atoms with Gasteiger partial charge in [-0.2, -0.15) is 0 Å². The van der Waals surface area contributed by atoms with Crippen LogP contribution in [0.3, 0.4) is 0 Å². The van der Waals surface area contributed by atoms with Crippen LogP contribution in [0.25, 0.3) is 11.3 Å². The molecule has 0 saturated carbocycles. The fourth-order valence-electron chi connectivity index (χ4n) is 3.45. The largest absolute Gasteiger partial charge is 0.471 e. The molecule has 0 bridgehead atoms. The molecule has 174 valence electrons. The Hall–Kier alpha value is -2.90. The van der Waals surface area contributed by atoms with Crippen LogP contribution in [-0.4, -0.2) is 41.3 Å². The first-order chi connectivity index (χ1) is 16.2. The Kier molecular flexibility index (Phi) is 10.2. The van der Waals surface area contributed by atoms with Gasteiger partial charge in [-0.25, -0.2) is 9.97 Å². The summed E-state index contributed by atoms with van der Waals surface area (Å²) >= 11 is 1.97. The van der Waals surface area contributed by atoms with Crippen LogP contribution in [-0.2, 0) is 11.3 Å². The van der Waals surface area contributed by atoms with Crippen molar-refractivity contribution in [3.05, 3.63) is 72.6 Å². The van der Waals surface area contributed by atoms with E-state index in [2.05, 4.69) is 39.9 Å². The Balaban J connectivity index is 1.64. The van der Waals surface area contributed by atoms with Crippen molar-refractivity contribution in [2.75, 3.05) is 25.5 Å². The molecule has 6 nitrogen and oxygen atoms in total. The van der Waals surface area contributed by atoms with Crippen LogP contribution in [0.2, 0.25) is 0 Å². The Morgan fingerprint density at radius 1 is 1.18 bits per heavy atom. The van der Waals surface area contributed by atoms with Gasteiger partial charge in [0, 0.05) is 22.8 Å². The highest BCUT2D eigenvalue weighted by Gasteiger charge is 2.14. The van der Waals surface area contributed by atoms with Gasteiger partial charge in [0.25, 0.3) is 0 Å². The highest BCUT2D eigenvalue weighted by molar-refractivity contribution is 8.00. The molecule has 1 aliphatic heterocycles. The third kappa shape index (κ3) is 8.18. The van der Waals surface area contributed by atoms with Crippen molar-refractivity contribution in [1.29, 1.82) is 5.41 Å². The third-order valence-corrected chi connectivity index (χ3v) is 6.54. The minimum absolute atomic E-state index is 0.0736. The smallest absolute Gasteiger partial charge is 0.206 e. The maximum Gasteiger partial charge on any atom is 0.206 e. The van der Waals surface area contributed by atoms with E-state index in [0.29, 0.717) is 16.8 Å². The van der Waals surface area contributed by atoms with Gasteiger partial charge in [-0.05, 0) is 57.5 Å². The van der Waals surface area contributed by atoms with Crippen LogP contribution in [0.4, 0.5) is 5.82 Å². The third-order valence-electron chi connectivity index (χ3n) is 5.19. The van der Waals surface area contributed by atoms with Crippen molar-refractivity contribution in [3.8, 4) is 11.3 Å². The number of nitrogens with zero attached hydrogens (tertiary/aromatic N) is 2. The molecule has 33 heavy (non-hydrogen) atoms. The number of anilines is 1. The molecular weight excluding hydrogens is 430 g/mol. The van der Waals surface area contributed by atoms with Gasteiger partial charge in [0.15, 0.2) is 5.82 Å². The van der Waals surface area contributed by atoms with Crippen molar-refractivity contribution < 1.29 is 4.74 Å². The fourth-order valence-corrected chi connectivity index (χ4v) is 4.65. The Morgan fingerprint density at radius 3 is 2.79 bits per heavy atom. The maximum absolute atomic E-state index is 7.97. The van der Waals surface area contributed by atoms with E-state index in [1.54, 1.807) is 25.4 Å². The van der Waals surface area contributed by atoms with Crippen molar-refractivity contribution in [1.82, 2.24) is 15.3 Å². The van der Waals surface area contributed by atoms with Crippen LogP contribution in [0.1, 0.15) is 31.9 Å². The molecule has 1 aromatic carbocycles. The van der Waals surface area contributed by atoms with E-state index < -0.39 is 0 Å². The number of rotatable bonds is 9. The van der Waals surface area contributed by atoms with E-state index in [1.165, 1.54) is 24.2 Å². The molecule has 0 amide bonds. The second-order valence-electron chi connectivity index (χ2n) is 7.67.